The van der Waals surface area contributed by atoms with E-state index in [9.17, 15) is 8.78 Å². The first-order valence-corrected chi connectivity index (χ1v) is 7.39. The fourth-order valence-corrected chi connectivity index (χ4v) is 2.86. The van der Waals surface area contributed by atoms with E-state index in [1.807, 2.05) is 4.90 Å². The van der Waals surface area contributed by atoms with Gasteiger partial charge in [-0.2, -0.15) is 0 Å². The molecule has 0 radical (unpaired) electrons. The van der Waals surface area contributed by atoms with Crippen LogP contribution in [0.5, 0.6) is 0 Å². The third-order valence-electron chi connectivity index (χ3n) is 3.34. The lowest BCUT2D eigenvalue weighted by Crippen LogP contribution is -2.51. The van der Waals surface area contributed by atoms with E-state index in [-0.39, 0.29) is 0 Å². The average Bonchev–Trinajstić information content (AvgIpc) is 2.33. The first kappa shape index (κ1) is 14.7. The molecule has 0 bridgehead atoms. The van der Waals surface area contributed by atoms with Crippen molar-refractivity contribution < 1.29 is 8.78 Å². The normalized spacial score (nSPS) is 20.1. The zero-order valence-electron chi connectivity index (χ0n) is 11.2. The molecule has 0 spiro atoms. The molecule has 19 heavy (non-hydrogen) atoms. The van der Waals surface area contributed by atoms with Gasteiger partial charge < -0.3 is 10.2 Å². The summed E-state index contributed by atoms with van der Waals surface area (Å²) in [5.41, 5.74) is 0.475. The fourth-order valence-electron chi connectivity index (χ4n) is 2.53. The minimum absolute atomic E-state index is 0.308. The summed E-state index contributed by atoms with van der Waals surface area (Å²) in [6.45, 7) is 6.67. The average molecular weight is 333 g/mol. The van der Waals surface area contributed by atoms with E-state index in [1.165, 1.54) is 6.07 Å². The van der Waals surface area contributed by atoms with Crippen LogP contribution in [-0.4, -0.2) is 25.7 Å². The number of halogens is 3. The van der Waals surface area contributed by atoms with Crippen molar-refractivity contribution in [3.8, 4) is 0 Å². The zero-order chi connectivity index (χ0) is 14.0. The molecule has 1 aromatic carbocycles. The van der Waals surface area contributed by atoms with Crippen LogP contribution in [0.3, 0.4) is 0 Å². The molecule has 0 amide bonds. The Kier molecular flexibility index (Phi) is 4.79. The van der Waals surface area contributed by atoms with Gasteiger partial charge in [-0.1, -0.05) is 13.8 Å². The quantitative estimate of drug-likeness (QED) is 0.851. The van der Waals surface area contributed by atoms with Crippen molar-refractivity contribution in [3.05, 3.63) is 28.2 Å². The molecule has 2 nitrogen and oxygen atoms in total. The Morgan fingerprint density at radius 1 is 1.37 bits per heavy atom. The van der Waals surface area contributed by atoms with Crippen molar-refractivity contribution in [1.82, 2.24) is 5.32 Å². The predicted molar refractivity (Wildman–Crippen MR) is 77.5 cm³/mol. The third kappa shape index (κ3) is 3.66. The lowest BCUT2D eigenvalue weighted by atomic mass is 10.0. The Balaban J connectivity index is 2.15. The molecular weight excluding hydrogens is 314 g/mol. The van der Waals surface area contributed by atoms with Gasteiger partial charge in [-0.25, -0.2) is 8.78 Å². The molecule has 1 unspecified atom stereocenters. The van der Waals surface area contributed by atoms with Crippen LogP contribution in [0.25, 0.3) is 0 Å². The van der Waals surface area contributed by atoms with Gasteiger partial charge in [0.1, 0.15) is 11.6 Å². The van der Waals surface area contributed by atoms with Crippen molar-refractivity contribution >= 4 is 21.6 Å². The van der Waals surface area contributed by atoms with Crippen LogP contribution in [0.2, 0.25) is 0 Å². The third-order valence-corrected chi connectivity index (χ3v) is 3.95. The summed E-state index contributed by atoms with van der Waals surface area (Å²) in [4.78, 5) is 1.99. The molecule has 1 atom stereocenters. The standard InChI is InChI=1S/C14H19BrF2N2/c1-9(2)5-10-8-19(4-3-18-10)14-6-11(15)12(16)7-13(14)17/h6-7,9-10,18H,3-5,8H2,1-2H3. The summed E-state index contributed by atoms with van der Waals surface area (Å²) in [6.07, 6.45) is 1.06. The molecule has 0 aromatic heterocycles. The fraction of sp³-hybridized carbons (Fsp3) is 0.571. The number of hydrogen-bond donors (Lipinski definition) is 1. The van der Waals surface area contributed by atoms with E-state index in [1.54, 1.807) is 0 Å². The van der Waals surface area contributed by atoms with Gasteiger partial charge in [0.2, 0.25) is 0 Å². The van der Waals surface area contributed by atoms with Crippen molar-refractivity contribution in [2.45, 2.75) is 26.3 Å². The van der Waals surface area contributed by atoms with Gasteiger partial charge in [0, 0.05) is 31.7 Å². The Morgan fingerprint density at radius 2 is 2.11 bits per heavy atom. The zero-order valence-corrected chi connectivity index (χ0v) is 12.8. The van der Waals surface area contributed by atoms with Crippen LogP contribution in [-0.2, 0) is 0 Å². The van der Waals surface area contributed by atoms with E-state index < -0.39 is 11.6 Å². The molecule has 1 aliphatic rings. The first-order valence-electron chi connectivity index (χ1n) is 6.60. The van der Waals surface area contributed by atoms with Crippen molar-refractivity contribution in [1.29, 1.82) is 0 Å². The highest BCUT2D eigenvalue weighted by Crippen LogP contribution is 2.27. The second-order valence-corrected chi connectivity index (χ2v) is 6.30. The number of hydrogen-bond acceptors (Lipinski definition) is 2. The Labute approximate surface area is 121 Å². The Bertz CT molecular complexity index is 451. The van der Waals surface area contributed by atoms with Crippen LogP contribution < -0.4 is 10.2 Å². The summed E-state index contributed by atoms with van der Waals surface area (Å²) >= 11 is 3.12. The lowest BCUT2D eigenvalue weighted by molar-refractivity contribution is 0.386. The highest BCUT2D eigenvalue weighted by atomic mass is 79.9. The monoisotopic (exact) mass is 332 g/mol. The summed E-state index contributed by atoms with van der Waals surface area (Å²) in [7, 11) is 0. The largest absolute Gasteiger partial charge is 0.366 e. The number of rotatable bonds is 3. The van der Waals surface area contributed by atoms with Crippen LogP contribution in [0.1, 0.15) is 20.3 Å². The molecular formula is C14H19BrF2N2. The van der Waals surface area contributed by atoms with E-state index in [2.05, 4.69) is 35.1 Å². The molecule has 1 heterocycles. The molecule has 1 aromatic rings. The van der Waals surface area contributed by atoms with Gasteiger partial charge in [0.05, 0.1) is 10.2 Å². The van der Waals surface area contributed by atoms with E-state index in [0.717, 1.165) is 32.1 Å². The van der Waals surface area contributed by atoms with E-state index >= 15 is 0 Å². The maximum absolute atomic E-state index is 13.9. The second kappa shape index (κ2) is 6.18. The molecule has 1 N–H and O–H groups in total. The molecule has 2 rings (SSSR count). The molecule has 1 aliphatic heterocycles. The second-order valence-electron chi connectivity index (χ2n) is 5.44. The lowest BCUT2D eigenvalue weighted by Gasteiger charge is -2.36. The van der Waals surface area contributed by atoms with Gasteiger partial charge >= 0.3 is 0 Å². The predicted octanol–water partition coefficient (Wildman–Crippen LogP) is 3.55. The SMILES string of the molecule is CC(C)CC1CN(c2cc(Br)c(F)cc2F)CCN1. The summed E-state index contributed by atoms with van der Waals surface area (Å²) in [5, 5.41) is 3.45. The van der Waals surface area contributed by atoms with Crippen LogP contribution in [0.15, 0.2) is 16.6 Å². The van der Waals surface area contributed by atoms with Gasteiger partial charge in [0.15, 0.2) is 0 Å². The highest BCUT2D eigenvalue weighted by molar-refractivity contribution is 9.10. The van der Waals surface area contributed by atoms with Crippen molar-refractivity contribution in [3.63, 3.8) is 0 Å². The van der Waals surface area contributed by atoms with E-state index in [4.69, 9.17) is 0 Å². The highest BCUT2D eigenvalue weighted by Gasteiger charge is 2.23. The minimum atomic E-state index is -0.560. The van der Waals surface area contributed by atoms with Crippen LogP contribution in [0, 0.1) is 17.6 Å². The number of piperazine rings is 1. The summed E-state index contributed by atoms with van der Waals surface area (Å²) < 4.78 is 27.4. The molecule has 1 saturated heterocycles. The van der Waals surface area contributed by atoms with Gasteiger partial charge in [-0.05, 0) is 34.3 Å². The van der Waals surface area contributed by atoms with Gasteiger partial charge in [-0.15, -0.1) is 0 Å². The van der Waals surface area contributed by atoms with Gasteiger partial charge in [-0.3, -0.25) is 0 Å². The van der Waals surface area contributed by atoms with Crippen molar-refractivity contribution in [2.75, 3.05) is 24.5 Å². The first-order chi connectivity index (χ1) is 8.97. The smallest absolute Gasteiger partial charge is 0.149 e. The Hall–Kier alpha value is -0.680. The van der Waals surface area contributed by atoms with E-state index in [0.29, 0.717) is 22.1 Å². The number of nitrogens with zero attached hydrogens (tertiary/aromatic N) is 1. The number of anilines is 1. The molecule has 0 saturated carbocycles. The topological polar surface area (TPSA) is 15.3 Å². The minimum Gasteiger partial charge on any atom is -0.366 e. The van der Waals surface area contributed by atoms with Crippen LogP contribution in [0.4, 0.5) is 14.5 Å². The Morgan fingerprint density at radius 3 is 2.79 bits per heavy atom. The maximum atomic E-state index is 13.9. The van der Waals surface area contributed by atoms with Crippen LogP contribution >= 0.6 is 15.9 Å². The number of nitrogens with one attached hydrogen (secondary N) is 1. The number of benzene rings is 1. The summed E-state index contributed by atoms with van der Waals surface area (Å²) in [5.74, 6) is -0.455. The molecule has 5 heteroatoms. The van der Waals surface area contributed by atoms with Gasteiger partial charge in [0.25, 0.3) is 0 Å². The molecule has 0 aliphatic carbocycles. The molecule has 1 fully saturated rings. The molecule has 106 valence electrons. The summed E-state index contributed by atoms with van der Waals surface area (Å²) in [6, 6.07) is 2.83. The van der Waals surface area contributed by atoms with Crippen molar-refractivity contribution in [2.24, 2.45) is 5.92 Å². The maximum Gasteiger partial charge on any atom is 0.149 e.